The lowest BCUT2D eigenvalue weighted by Crippen LogP contribution is -2.14. The molecule has 2 aromatic rings. The van der Waals surface area contributed by atoms with E-state index in [2.05, 4.69) is 4.98 Å². The standard InChI is InChI=1S/C14H12FNO4/c1-19-13-5-4-9(7-10(13)15)12(17)8-20-14(18)11-3-2-6-16-11/h2-7,16H,8H2,1H3. The molecule has 5 nitrogen and oxygen atoms in total. The third-order valence-electron chi connectivity index (χ3n) is 2.63. The Kier molecular flexibility index (Phi) is 4.14. The molecular weight excluding hydrogens is 265 g/mol. The molecule has 20 heavy (non-hydrogen) atoms. The van der Waals surface area contributed by atoms with Crippen LogP contribution in [0.3, 0.4) is 0 Å². The number of halogens is 1. The monoisotopic (exact) mass is 277 g/mol. The van der Waals surface area contributed by atoms with Gasteiger partial charge in [-0.15, -0.1) is 0 Å². The second kappa shape index (κ2) is 6.01. The average molecular weight is 277 g/mol. The Morgan fingerprint density at radius 3 is 2.70 bits per heavy atom. The third-order valence-corrected chi connectivity index (χ3v) is 2.63. The molecule has 0 bridgehead atoms. The fourth-order valence-corrected chi connectivity index (χ4v) is 1.59. The zero-order chi connectivity index (χ0) is 14.5. The number of hydrogen-bond donors (Lipinski definition) is 1. The summed E-state index contributed by atoms with van der Waals surface area (Å²) in [5.41, 5.74) is 0.362. The lowest BCUT2D eigenvalue weighted by Gasteiger charge is -2.05. The van der Waals surface area contributed by atoms with Gasteiger partial charge in [0.25, 0.3) is 0 Å². The van der Waals surface area contributed by atoms with E-state index in [4.69, 9.17) is 9.47 Å². The Balaban J connectivity index is 1.98. The number of benzene rings is 1. The maximum atomic E-state index is 13.4. The highest BCUT2D eigenvalue weighted by atomic mass is 19.1. The first-order valence-electron chi connectivity index (χ1n) is 5.79. The molecule has 0 saturated heterocycles. The van der Waals surface area contributed by atoms with Crippen LogP contribution in [0.5, 0.6) is 5.75 Å². The number of methoxy groups -OCH3 is 1. The molecule has 0 spiro atoms. The lowest BCUT2D eigenvalue weighted by atomic mass is 10.1. The summed E-state index contributed by atoms with van der Waals surface area (Å²) in [7, 11) is 1.33. The molecule has 1 N–H and O–H groups in total. The second-order valence-electron chi connectivity index (χ2n) is 3.93. The summed E-state index contributed by atoms with van der Waals surface area (Å²) in [5, 5.41) is 0. The fraction of sp³-hybridized carbons (Fsp3) is 0.143. The summed E-state index contributed by atoms with van der Waals surface area (Å²) < 4.78 is 23.0. The highest BCUT2D eigenvalue weighted by molar-refractivity contribution is 5.99. The van der Waals surface area contributed by atoms with E-state index in [1.54, 1.807) is 12.3 Å². The maximum absolute atomic E-state index is 13.4. The number of carbonyl (C=O) groups is 2. The lowest BCUT2D eigenvalue weighted by molar-refractivity contribution is 0.0469. The van der Waals surface area contributed by atoms with Crippen molar-refractivity contribution in [3.05, 3.63) is 53.6 Å². The first-order valence-corrected chi connectivity index (χ1v) is 5.79. The average Bonchev–Trinajstić information content (AvgIpc) is 2.98. The molecule has 1 heterocycles. The zero-order valence-corrected chi connectivity index (χ0v) is 10.7. The molecular formula is C14H12FNO4. The molecule has 0 fully saturated rings. The van der Waals surface area contributed by atoms with Gasteiger partial charge in [-0.25, -0.2) is 9.18 Å². The van der Waals surface area contributed by atoms with Crippen LogP contribution in [-0.4, -0.2) is 30.5 Å². The van der Waals surface area contributed by atoms with Crippen molar-refractivity contribution in [2.75, 3.05) is 13.7 Å². The molecule has 0 aliphatic heterocycles. The molecule has 0 saturated carbocycles. The van der Waals surface area contributed by atoms with Crippen LogP contribution < -0.4 is 4.74 Å². The van der Waals surface area contributed by atoms with Crippen molar-refractivity contribution < 1.29 is 23.5 Å². The normalized spacial score (nSPS) is 10.1. The Morgan fingerprint density at radius 2 is 2.10 bits per heavy atom. The fourth-order valence-electron chi connectivity index (χ4n) is 1.59. The topological polar surface area (TPSA) is 68.4 Å². The van der Waals surface area contributed by atoms with Gasteiger partial charge in [0.2, 0.25) is 0 Å². The quantitative estimate of drug-likeness (QED) is 0.672. The molecule has 2 rings (SSSR count). The Hall–Kier alpha value is -2.63. The number of nitrogens with one attached hydrogen (secondary N) is 1. The minimum Gasteiger partial charge on any atom is -0.494 e. The van der Waals surface area contributed by atoms with Gasteiger partial charge in [-0.1, -0.05) is 0 Å². The van der Waals surface area contributed by atoms with Crippen molar-refractivity contribution in [2.45, 2.75) is 0 Å². The van der Waals surface area contributed by atoms with Gasteiger partial charge in [-0.2, -0.15) is 0 Å². The molecule has 0 unspecified atom stereocenters. The Morgan fingerprint density at radius 1 is 1.30 bits per heavy atom. The third kappa shape index (κ3) is 3.03. The van der Waals surface area contributed by atoms with Crippen molar-refractivity contribution in [1.82, 2.24) is 4.98 Å². The summed E-state index contributed by atoms with van der Waals surface area (Å²) >= 11 is 0. The van der Waals surface area contributed by atoms with Gasteiger partial charge in [-0.3, -0.25) is 4.79 Å². The molecule has 0 atom stereocenters. The van der Waals surface area contributed by atoms with Gasteiger partial charge >= 0.3 is 5.97 Å². The van der Waals surface area contributed by atoms with E-state index in [-0.39, 0.29) is 17.0 Å². The van der Waals surface area contributed by atoms with Crippen molar-refractivity contribution in [3.8, 4) is 5.75 Å². The van der Waals surface area contributed by atoms with Crippen LogP contribution in [0.25, 0.3) is 0 Å². The van der Waals surface area contributed by atoms with Crippen LogP contribution >= 0.6 is 0 Å². The van der Waals surface area contributed by atoms with Crippen molar-refractivity contribution in [2.24, 2.45) is 0 Å². The first kappa shape index (κ1) is 13.8. The minimum absolute atomic E-state index is 0.0462. The van der Waals surface area contributed by atoms with E-state index in [9.17, 15) is 14.0 Å². The van der Waals surface area contributed by atoms with Crippen LogP contribution in [0.1, 0.15) is 20.8 Å². The Labute approximate surface area is 114 Å². The van der Waals surface area contributed by atoms with Crippen molar-refractivity contribution >= 4 is 11.8 Å². The van der Waals surface area contributed by atoms with Crippen molar-refractivity contribution in [1.29, 1.82) is 0 Å². The second-order valence-corrected chi connectivity index (χ2v) is 3.93. The van der Waals surface area contributed by atoms with Gasteiger partial charge < -0.3 is 14.5 Å². The predicted molar refractivity (Wildman–Crippen MR) is 68.4 cm³/mol. The van der Waals surface area contributed by atoms with Crippen LogP contribution in [0, 0.1) is 5.82 Å². The van der Waals surface area contributed by atoms with E-state index in [0.29, 0.717) is 0 Å². The van der Waals surface area contributed by atoms with Crippen molar-refractivity contribution in [3.63, 3.8) is 0 Å². The number of aromatic nitrogens is 1. The van der Waals surface area contributed by atoms with E-state index < -0.39 is 24.2 Å². The number of hydrogen-bond acceptors (Lipinski definition) is 4. The molecule has 1 aromatic carbocycles. The number of rotatable bonds is 5. The number of carbonyl (C=O) groups excluding carboxylic acids is 2. The molecule has 104 valence electrons. The molecule has 0 aliphatic carbocycles. The highest BCUT2D eigenvalue weighted by Crippen LogP contribution is 2.18. The van der Waals surface area contributed by atoms with Crippen LogP contribution in [0.15, 0.2) is 36.5 Å². The van der Waals surface area contributed by atoms with Crippen LogP contribution in [0.2, 0.25) is 0 Å². The van der Waals surface area contributed by atoms with Gasteiger partial charge in [0.1, 0.15) is 5.69 Å². The van der Waals surface area contributed by atoms with E-state index in [0.717, 1.165) is 6.07 Å². The molecule has 0 amide bonds. The van der Waals surface area contributed by atoms with Crippen LogP contribution in [0.4, 0.5) is 4.39 Å². The molecule has 1 aromatic heterocycles. The van der Waals surface area contributed by atoms with E-state index >= 15 is 0 Å². The number of ether oxygens (including phenoxy) is 2. The minimum atomic E-state index is -0.644. The maximum Gasteiger partial charge on any atom is 0.355 e. The SMILES string of the molecule is COc1ccc(C(=O)COC(=O)c2ccc[nH]2)cc1F. The van der Waals surface area contributed by atoms with Gasteiger partial charge in [0.15, 0.2) is 24.0 Å². The zero-order valence-electron chi connectivity index (χ0n) is 10.7. The van der Waals surface area contributed by atoms with Gasteiger partial charge in [-0.05, 0) is 30.3 Å². The Bertz CT molecular complexity index is 622. The summed E-state index contributed by atoms with van der Waals surface area (Å²) in [5.74, 6) is -1.73. The molecule has 0 radical (unpaired) electrons. The van der Waals surface area contributed by atoms with Gasteiger partial charge in [0.05, 0.1) is 7.11 Å². The number of aromatic amines is 1. The number of esters is 1. The number of Topliss-reactive ketones (excluding diaryl/α,β-unsaturated/α-hetero) is 1. The summed E-state index contributed by atoms with van der Waals surface area (Å²) in [4.78, 5) is 25.9. The smallest absolute Gasteiger partial charge is 0.355 e. The largest absolute Gasteiger partial charge is 0.494 e. The number of H-pyrrole nitrogens is 1. The van der Waals surface area contributed by atoms with Crippen LogP contribution in [-0.2, 0) is 4.74 Å². The predicted octanol–water partition coefficient (Wildman–Crippen LogP) is 2.20. The molecule has 6 heteroatoms. The van der Waals surface area contributed by atoms with Gasteiger partial charge in [0, 0.05) is 11.8 Å². The number of ketones is 1. The highest BCUT2D eigenvalue weighted by Gasteiger charge is 2.14. The first-order chi connectivity index (χ1) is 9.61. The summed E-state index contributed by atoms with van der Waals surface area (Å²) in [6.07, 6.45) is 1.57. The van der Waals surface area contributed by atoms with E-state index in [1.165, 1.54) is 25.3 Å². The summed E-state index contributed by atoms with van der Waals surface area (Å²) in [6.45, 7) is -0.455. The van der Waals surface area contributed by atoms with E-state index in [1.807, 2.05) is 0 Å². The summed E-state index contributed by atoms with van der Waals surface area (Å²) in [6, 6.07) is 6.96. The molecule has 0 aliphatic rings.